The Hall–Kier alpha value is -4.01. The highest BCUT2D eigenvalue weighted by atomic mass is 16.5. The number of benzene rings is 2. The van der Waals surface area contributed by atoms with E-state index < -0.39 is 23.8 Å². The predicted molar refractivity (Wildman–Crippen MR) is 127 cm³/mol. The van der Waals surface area contributed by atoms with E-state index in [0.29, 0.717) is 35.7 Å². The van der Waals surface area contributed by atoms with Gasteiger partial charge in [-0.3, -0.25) is 14.4 Å². The highest BCUT2D eigenvalue weighted by molar-refractivity contribution is 6.34. The maximum atomic E-state index is 13.1. The van der Waals surface area contributed by atoms with Crippen LogP contribution in [0, 0.1) is 5.92 Å². The second-order valence-corrected chi connectivity index (χ2v) is 9.09. The Kier molecular flexibility index (Phi) is 5.84. The summed E-state index contributed by atoms with van der Waals surface area (Å²) in [6, 6.07) is 10.8. The summed E-state index contributed by atoms with van der Waals surface area (Å²) in [4.78, 5) is 44.8. The lowest BCUT2D eigenvalue weighted by Crippen LogP contribution is -2.32. The van der Waals surface area contributed by atoms with Crippen LogP contribution in [0.5, 0.6) is 5.75 Å². The minimum atomic E-state index is -0.478. The molecule has 0 spiro atoms. The number of nitrogens with one attached hydrogen (secondary N) is 1. The van der Waals surface area contributed by atoms with Gasteiger partial charge >= 0.3 is 0 Å². The molecule has 2 aliphatic rings. The van der Waals surface area contributed by atoms with E-state index in [1.54, 1.807) is 30.3 Å². The van der Waals surface area contributed by atoms with E-state index in [1.807, 2.05) is 20.8 Å². The lowest BCUT2D eigenvalue weighted by Gasteiger charge is -2.18. The fourth-order valence-corrected chi connectivity index (χ4v) is 4.09. The van der Waals surface area contributed by atoms with Crippen LogP contribution < -0.4 is 15.0 Å². The first-order valence-corrected chi connectivity index (χ1v) is 11.8. The van der Waals surface area contributed by atoms with Crippen LogP contribution in [0.25, 0.3) is 0 Å². The molecule has 2 aromatic carbocycles. The molecule has 1 aliphatic carbocycles. The third-order valence-electron chi connectivity index (χ3n) is 6.17. The second kappa shape index (κ2) is 8.98. The highest BCUT2D eigenvalue weighted by Gasteiger charge is 2.37. The summed E-state index contributed by atoms with van der Waals surface area (Å²) in [5.74, 6) is 0.735. The normalized spacial score (nSPS) is 15.9. The third-order valence-corrected chi connectivity index (χ3v) is 6.17. The fourth-order valence-electron chi connectivity index (χ4n) is 4.09. The topological polar surface area (TPSA) is 115 Å². The van der Waals surface area contributed by atoms with Gasteiger partial charge in [0.2, 0.25) is 5.89 Å². The fraction of sp³-hybridized carbons (Fsp3) is 0.346. The molecular weight excluding hydrogens is 448 g/mol. The van der Waals surface area contributed by atoms with Crippen LogP contribution in [0.1, 0.15) is 88.4 Å². The van der Waals surface area contributed by atoms with Crippen LogP contribution in [-0.2, 0) is 0 Å². The number of imide groups is 1. The molecule has 1 atom stereocenters. The van der Waals surface area contributed by atoms with E-state index in [4.69, 9.17) is 9.26 Å². The van der Waals surface area contributed by atoms with Gasteiger partial charge in [-0.2, -0.15) is 4.98 Å². The van der Waals surface area contributed by atoms with Crippen molar-refractivity contribution in [1.82, 2.24) is 15.5 Å². The number of carbonyl (C=O) groups excluding carboxylic acids is 3. The van der Waals surface area contributed by atoms with Crippen LogP contribution >= 0.6 is 0 Å². The van der Waals surface area contributed by atoms with Gasteiger partial charge in [-0.1, -0.05) is 19.0 Å². The lowest BCUT2D eigenvalue weighted by molar-refractivity contribution is 0.0909. The minimum absolute atomic E-state index is 0.000703. The quantitative estimate of drug-likeness (QED) is 0.485. The Morgan fingerprint density at radius 3 is 2.49 bits per heavy atom. The van der Waals surface area contributed by atoms with Crippen molar-refractivity contribution < 1.29 is 23.6 Å². The highest BCUT2D eigenvalue weighted by Crippen LogP contribution is 2.39. The largest absolute Gasteiger partial charge is 0.494 e. The number of anilines is 1. The monoisotopic (exact) mass is 474 g/mol. The number of rotatable bonds is 8. The van der Waals surface area contributed by atoms with Gasteiger partial charge in [-0.15, -0.1) is 0 Å². The molecule has 1 unspecified atom stereocenters. The average Bonchev–Trinajstić information content (AvgIpc) is 3.53. The molecule has 0 bridgehead atoms. The molecule has 180 valence electrons. The van der Waals surface area contributed by atoms with E-state index in [-0.39, 0.29) is 22.6 Å². The van der Waals surface area contributed by atoms with Crippen LogP contribution in [0.3, 0.4) is 0 Å². The molecule has 1 N–H and O–H groups in total. The van der Waals surface area contributed by atoms with E-state index in [0.717, 1.165) is 17.7 Å². The number of carbonyl (C=O) groups is 3. The van der Waals surface area contributed by atoms with Gasteiger partial charge in [-0.05, 0) is 68.1 Å². The van der Waals surface area contributed by atoms with E-state index >= 15 is 0 Å². The van der Waals surface area contributed by atoms with Crippen LogP contribution in [-0.4, -0.2) is 34.5 Å². The van der Waals surface area contributed by atoms with Crippen molar-refractivity contribution in [2.24, 2.45) is 5.92 Å². The van der Waals surface area contributed by atoms with Crippen LogP contribution in [0.15, 0.2) is 47.0 Å². The third kappa shape index (κ3) is 4.29. The zero-order valence-electron chi connectivity index (χ0n) is 19.8. The van der Waals surface area contributed by atoms with Crippen molar-refractivity contribution in [2.75, 3.05) is 11.5 Å². The van der Waals surface area contributed by atoms with Crippen molar-refractivity contribution in [1.29, 1.82) is 0 Å². The van der Waals surface area contributed by atoms with Gasteiger partial charge in [0.15, 0.2) is 5.82 Å². The molecule has 9 nitrogen and oxygen atoms in total. The maximum absolute atomic E-state index is 13.1. The van der Waals surface area contributed by atoms with Gasteiger partial charge in [0, 0.05) is 11.5 Å². The van der Waals surface area contributed by atoms with Gasteiger partial charge in [0.25, 0.3) is 17.7 Å². The summed E-state index contributed by atoms with van der Waals surface area (Å²) < 4.78 is 10.9. The Morgan fingerprint density at radius 1 is 1.11 bits per heavy atom. The lowest BCUT2D eigenvalue weighted by atomic mass is 10.0. The zero-order valence-corrected chi connectivity index (χ0v) is 19.8. The summed E-state index contributed by atoms with van der Waals surface area (Å²) in [5, 5.41) is 6.99. The van der Waals surface area contributed by atoms with E-state index in [1.165, 1.54) is 12.1 Å². The van der Waals surface area contributed by atoms with Gasteiger partial charge in [0.1, 0.15) is 11.8 Å². The number of hydrogen-bond donors (Lipinski definition) is 1. The number of amides is 3. The summed E-state index contributed by atoms with van der Waals surface area (Å²) in [5.41, 5.74) is 1.15. The van der Waals surface area contributed by atoms with Crippen molar-refractivity contribution in [3.05, 3.63) is 70.9 Å². The SMILES string of the molecule is CCOc1ccc(N2C(=O)c3ccc(C(=O)NC(c4nc(C5CC5)no4)C(C)C)cc3C2=O)cc1. The summed E-state index contributed by atoms with van der Waals surface area (Å²) in [7, 11) is 0. The molecule has 3 amide bonds. The molecule has 3 aromatic rings. The number of aromatic nitrogens is 2. The Morgan fingerprint density at radius 2 is 1.83 bits per heavy atom. The number of hydrogen-bond acceptors (Lipinski definition) is 7. The van der Waals surface area contributed by atoms with Crippen LogP contribution in [0.2, 0.25) is 0 Å². The number of fused-ring (bicyclic) bond motifs is 1. The Labute approximate surface area is 202 Å². The molecule has 35 heavy (non-hydrogen) atoms. The minimum Gasteiger partial charge on any atom is -0.494 e. The van der Waals surface area contributed by atoms with Crippen molar-refractivity contribution in [3.63, 3.8) is 0 Å². The molecule has 1 aromatic heterocycles. The smallest absolute Gasteiger partial charge is 0.266 e. The second-order valence-electron chi connectivity index (χ2n) is 9.09. The van der Waals surface area contributed by atoms with Gasteiger partial charge in [-0.25, -0.2) is 4.90 Å². The first-order chi connectivity index (χ1) is 16.9. The molecule has 1 saturated carbocycles. The predicted octanol–water partition coefficient (Wildman–Crippen LogP) is 4.27. The molecule has 5 rings (SSSR count). The molecule has 0 saturated heterocycles. The van der Waals surface area contributed by atoms with E-state index in [9.17, 15) is 14.4 Å². The van der Waals surface area contributed by atoms with Gasteiger partial charge in [0.05, 0.1) is 23.4 Å². The maximum Gasteiger partial charge on any atom is 0.266 e. The summed E-state index contributed by atoms with van der Waals surface area (Å²) in [6.45, 7) is 6.29. The molecule has 0 radical (unpaired) electrons. The van der Waals surface area contributed by atoms with Crippen molar-refractivity contribution in [3.8, 4) is 5.75 Å². The molecule has 2 heterocycles. The zero-order chi connectivity index (χ0) is 24.7. The van der Waals surface area contributed by atoms with Gasteiger partial charge < -0.3 is 14.6 Å². The Balaban J connectivity index is 1.36. The summed E-state index contributed by atoms with van der Waals surface area (Å²) >= 11 is 0. The average molecular weight is 475 g/mol. The molecular formula is C26H26N4O5. The molecule has 9 heteroatoms. The van der Waals surface area contributed by atoms with Crippen molar-refractivity contribution >= 4 is 23.4 Å². The van der Waals surface area contributed by atoms with Crippen molar-refractivity contribution in [2.45, 2.75) is 45.6 Å². The number of ether oxygens (including phenoxy) is 1. The van der Waals surface area contributed by atoms with Crippen LogP contribution in [0.4, 0.5) is 5.69 Å². The molecule has 1 aliphatic heterocycles. The molecule has 1 fully saturated rings. The first kappa shape index (κ1) is 22.8. The Bertz CT molecular complexity index is 1290. The first-order valence-electron chi connectivity index (χ1n) is 11.8. The number of nitrogens with zero attached hydrogens (tertiary/aromatic N) is 3. The van der Waals surface area contributed by atoms with E-state index in [2.05, 4.69) is 15.5 Å². The standard InChI is InChI=1S/C26H26N4O5/c1-4-34-18-10-8-17(9-11-18)30-25(32)19-12-7-16(13-20(19)26(30)33)23(31)27-21(14(2)3)24-28-22(29-35-24)15-5-6-15/h7-15,21H,4-6H2,1-3H3,(H,27,31). The summed E-state index contributed by atoms with van der Waals surface area (Å²) in [6.07, 6.45) is 2.10.